The van der Waals surface area contributed by atoms with Crippen LogP contribution in [-0.2, 0) is 4.43 Å². The molecular formula is C11H15F11OSi. The van der Waals surface area contributed by atoms with Crippen LogP contribution in [0.4, 0.5) is 48.3 Å². The Morgan fingerprint density at radius 3 is 1.21 bits per heavy atom. The summed E-state index contributed by atoms with van der Waals surface area (Å²) in [5, 5.41) is 0. The van der Waals surface area contributed by atoms with Crippen LogP contribution in [0.15, 0.2) is 0 Å². The molecule has 24 heavy (non-hydrogen) atoms. The van der Waals surface area contributed by atoms with Gasteiger partial charge in [-0.1, -0.05) is 0 Å². The maximum atomic E-state index is 12.9. The van der Waals surface area contributed by atoms with Gasteiger partial charge in [0.1, 0.15) is 0 Å². The van der Waals surface area contributed by atoms with Gasteiger partial charge in [0.2, 0.25) is 0 Å². The maximum absolute atomic E-state index is 12.9. The van der Waals surface area contributed by atoms with Gasteiger partial charge in [-0.05, 0) is 18.1 Å². The highest BCUT2D eigenvalue weighted by Gasteiger charge is 2.58. The molecule has 0 unspecified atom stereocenters. The van der Waals surface area contributed by atoms with Crippen LogP contribution in [0.5, 0.6) is 0 Å². The lowest BCUT2D eigenvalue weighted by Crippen LogP contribution is -2.43. The van der Waals surface area contributed by atoms with E-state index < -0.39 is 70.2 Å². The van der Waals surface area contributed by atoms with E-state index in [1.54, 1.807) is 0 Å². The summed E-state index contributed by atoms with van der Waals surface area (Å²) >= 11 is 0. The van der Waals surface area contributed by atoms with Gasteiger partial charge in [0.05, 0.1) is 0 Å². The average molecular weight is 400 g/mol. The fraction of sp³-hybridized carbons (Fsp3) is 1.00. The van der Waals surface area contributed by atoms with Crippen LogP contribution >= 0.6 is 0 Å². The molecular weight excluding hydrogens is 385 g/mol. The SMILES string of the molecule is CO[Si](CCC(F)(F)F)(CCC(F)(F)F)CCC(F)(F)C(F)(F)F. The molecule has 0 radical (unpaired) electrons. The molecule has 1 nitrogen and oxygen atoms in total. The van der Waals surface area contributed by atoms with Crippen molar-refractivity contribution in [3.63, 3.8) is 0 Å². The zero-order chi connectivity index (χ0) is 19.4. The summed E-state index contributed by atoms with van der Waals surface area (Å²) in [5.74, 6) is -5.21. The van der Waals surface area contributed by atoms with Crippen molar-refractivity contribution in [2.45, 2.75) is 61.8 Å². The van der Waals surface area contributed by atoms with E-state index in [9.17, 15) is 48.3 Å². The molecule has 0 aliphatic rings. The van der Waals surface area contributed by atoms with Crippen LogP contribution in [0.25, 0.3) is 0 Å². The Kier molecular flexibility index (Phi) is 7.56. The molecule has 0 heterocycles. The highest BCUT2D eigenvalue weighted by atomic mass is 28.4. The van der Waals surface area contributed by atoms with Gasteiger partial charge in [-0.25, -0.2) is 0 Å². The molecule has 0 rings (SSSR count). The lowest BCUT2D eigenvalue weighted by atomic mass is 10.2. The molecule has 146 valence electrons. The largest absolute Gasteiger partial charge is 0.453 e. The van der Waals surface area contributed by atoms with Crippen LogP contribution in [-0.4, -0.2) is 39.9 Å². The van der Waals surface area contributed by atoms with Gasteiger partial charge in [-0.15, -0.1) is 0 Å². The second kappa shape index (κ2) is 7.75. The third-order valence-electron chi connectivity index (χ3n) is 3.47. The predicted octanol–water partition coefficient (Wildman–Crippen LogP) is 6.07. The van der Waals surface area contributed by atoms with Crippen LogP contribution < -0.4 is 0 Å². The Labute approximate surface area is 131 Å². The van der Waals surface area contributed by atoms with Gasteiger partial charge in [0.15, 0.2) is 8.32 Å². The number of rotatable bonds is 8. The molecule has 0 bridgehead atoms. The summed E-state index contributed by atoms with van der Waals surface area (Å²) in [6.45, 7) is 0. The Bertz CT molecular complexity index is 367. The minimum atomic E-state index is -5.94. The van der Waals surface area contributed by atoms with Gasteiger partial charge >= 0.3 is 24.5 Å². The van der Waals surface area contributed by atoms with Crippen LogP contribution in [0.2, 0.25) is 18.1 Å². The third-order valence-corrected chi connectivity index (χ3v) is 7.82. The topological polar surface area (TPSA) is 9.23 Å². The molecule has 13 heteroatoms. The van der Waals surface area contributed by atoms with E-state index in [0.717, 1.165) is 7.11 Å². The van der Waals surface area contributed by atoms with Gasteiger partial charge in [0.25, 0.3) is 0 Å². The zero-order valence-corrected chi connectivity index (χ0v) is 13.3. The van der Waals surface area contributed by atoms with Gasteiger partial charge in [-0.3, -0.25) is 0 Å². The molecule has 0 saturated carbocycles. The zero-order valence-electron chi connectivity index (χ0n) is 12.3. The average Bonchev–Trinajstić information content (AvgIpc) is 2.35. The first kappa shape index (κ1) is 23.4. The fourth-order valence-corrected chi connectivity index (χ4v) is 5.56. The summed E-state index contributed by atoms with van der Waals surface area (Å²) < 4.78 is 141. The van der Waals surface area contributed by atoms with Crippen LogP contribution in [0, 0.1) is 0 Å². The molecule has 0 fully saturated rings. The highest BCUT2D eigenvalue weighted by Crippen LogP contribution is 2.43. The number of hydrogen-bond acceptors (Lipinski definition) is 1. The van der Waals surface area contributed by atoms with E-state index in [4.69, 9.17) is 0 Å². The van der Waals surface area contributed by atoms with Crippen molar-refractivity contribution in [2.24, 2.45) is 0 Å². The third kappa shape index (κ3) is 8.49. The van der Waals surface area contributed by atoms with E-state index in [0.29, 0.717) is 0 Å². The lowest BCUT2D eigenvalue weighted by Gasteiger charge is -2.32. The maximum Gasteiger partial charge on any atom is 0.453 e. The Morgan fingerprint density at radius 1 is 0.625 bits per heavy atom. The standard InChI is InChI=1S/C11H15F11OSi/c1-23-24(6-3-9(14,15)16,7-4-10(17,18)19)5-2-8(12,13)11(20,21)22/h2-7H2,1H3. The molecule has 0 aromatic heterocycles. The normalized spacial score (nSPS) is 15.0. The minimum Gasteiger partial charge on any atom is -0.420 e. The van der Waals surface area contributed by atoms with Crippen molar-refractivity contribution in [1.82, 2.24) is 0 Å². The molecule has 0 aliphatic heterocycles. The van der Waals surface area contributed by atoms with Crippen molar-refractivity contribution in [2.75, 3.05) is 7.11 Å². The molecule has 0 saturated heterocycles. The van der Waals surface area contributed by atoms with Gasteiger partial charge in [-0.2, -0.15) is 48.3 Å². The molecule has 0 aromatic carbocycles. The summed E-state index contributed by atoms with van der Waals surface area (Å²) in [6.07, 6.45) is -20.6. The fourth-order valence-electron chi connectivity index (χ4n) is 1.95. The first-order valence-electron chi connectivity index (χ1n) is 6.56. The van der Waals surface area contributed by atoms with Gasteiger partial charge in [0, 0.05) is 26.4 Å². The number of hydrogen-bond donors (Lipinski definition) is 0. The molecule has 0 N–H and O–H groups in total. The van der Waals surface area contributed by atoms with Crippen molar-refractivity contribution >= 4 is 8.32 Å². The smallest absolute Gasteiger partial charge is 0.420 e. The first-order chi connectivity index (χ1) is 10.4. The first-order valence-corrected chi connectivity index (χ1v) is 9.09. The van der Waals surface area contributed by atoms with E-state index in [-0.39, 0.29) is 0 Å². The second-order valence-corrected chi connectivity index (χ2v) is 9.59. The van der Waals surface area contributed by atoms with Crippen LogP contribution in [0.1, 0.15) is 19.3 Å². The molecule has 0 amide bonds. The Morgan fingerprint density at radius 2 is 0.958 bits per heavy atom. The van der Waals surface area contributed by atoms with Crippen molar-refractivity contribution in [3.05, 3.63) is 0 Å². The molecule has 0 spiro atoms. The van der Waals surface area contributed by atoms with E-state index >= 15 is 0 Å². The summed E-state index contributed by atoms with van der Waals surface area (Å²) in [4.78, 5) is 0. The number of halogens is 11. The van der Waals surface area contributed by atoms with Crippen molar-refractivity contribution in [1.29, 1.82) is 0 Å². The summed E-state index contributed by atoms with van der Waals surface area (Å²) in [5.41, 5.74) is 0. The monoisotopic (exact) mass is 400 g/mol. The molecule has 0 atom stereocenters. The lowest BCUT2D eigenvalue weighted by molar-refractivity contribution is -0.282. The molecule has 0 aromatic rings. The summed E-state index contributed by atoms with van der Waals surface area (Å²) in [7, 11) is -3.36. The number of alkyl halides is 11. The predicted molar refractivity (Wildman–Crippen MR) is 64.1 cm³/mol. The quantitative estimate of drug-likeness (QED) is 0.355. The van der Waals surface area contributed by atoms with Gasteiger partial charge < -0.3 is 4.43 Å². The Hall–Kier alpha value is -0.593. The molecule has 0 aliphatic carbocycles. The van der Waals surface area contributed by atoms with Crippen molar-refractivity contribution < 1.29 is 52.7 Å². The second-order valence-electron chi connectivity index (χ2n) is 5.32. The van der Waals surface area contributed by atoms with Crippen molar-refractivity contribution in [3.8, 4) is 0 Å². The van der Waals surface area contributed by atoms with E-state index in [1.807, 2.05) is 0 Å². The van der Waals surface area contributed by atoms with Crippen LogP contribution in [0.3, 0.4) is 0 Å². The van der Waals surface area contributed by atoms with E-state index in [2.05, 4.69) is 4.43 Å². The Balaban J connectivity index is 5.21. The highest BCUT2D eigenvalue weighted by molar-refractivity contribution is 6.73. The van der Waals surface area contributed by atoms with E-state index in [1.165, 1.54) is 0 Å². The minimum absolute atomic E-state index is 0.741. The summed E-state index contributed by atoms with van der Waals surface area (Å²) in [6, 6.07) is -3.20.